The summed E-state index contributed by atoms with van der Waals surface area (Å²) in [6, 6.07) is 20.2. The Morgan fingerprint density at radius 2 is 1.93 bits per heavy atom. The molecule has 3 aromatic heterocycles. The van der Waals surface area contributed by atoms with E-state index in [1.165, 1.54) is 0 Å². The van der Waals surface area contributed by atoms with Crippen molar-refractivity contribution in [3.63, 3.8) is 0 Å². The molecule has 0 aliphatic rings. The van der Waals surface area contributed by atoms with Crippen LogP contribution in [0.3, 0.4) is 0 Å². The third-order valence-electron chi connectivity index (χ3n) is 4.59. The largest absolute Gasteiger partial charge is 0.260 e. The van der Waals surface area contributed by atoms with E-state index < -0.39 is 0 Å². The fourth-order valence-electron chi connectivity index (χ4n) is 3.04. The summed E-state index contributed by atoms with van der Waals surface area (Å²) >= 11 is 1.63. The molecule has 8 nitrogen and oxygen atoms in total. The van der Waals surface area contributed by atoms with Crippen molar-refractivity contribution in [1.82, 2.24) is 30.2 Å². The Labute approximate surface area is 175 Å². The Balaban J connectivity index is 1.44. The van der Waals surface area contributed by atoms with Crippen molar-refractivity contribution < 1.29 is 0 Å². The Morgan fingerprint density at radius 3 is 2.77 bits per heavy atom. The molecule has 0 amide bonds. The summed E-state index contributed by atoms with van der Waals surface area (Å²) in [5.74, 6) is 0.675. The smallest absolute Gasteiger partial charge is 0.158 e. The number of anilines is 1. The van der Waals surface area contributed by atoms with Crippen LogP contribution in [-0.2, 0) is 0 Å². The molecule has 2 aromatic carbocycles. The number of nitrogens with zero attached hydrogens (tertiary/aromatic N) is 7. The second-order valence-corrected chi connectivity index (χ2v) is 7.56. The Kier molecular flexibility index (Phi) is 4.70. The van der Waals surface area contributed by atoms with Gasteiger partial charge in [0.25, 0.3) is 0 Å². The molecule has 9 heteroatoms. The molecule has 0 aliphatic heterocycles. The maximum absolute atomic E-state index is 4.54. The van der Waals surface area contributed by atoms with Gasteiger partial charge in [-0.3, -0.25) is 5.43 Å². The van der Waals surface area contributed by atoms with E-state index in [0.29, 0.717) is 5.82 Å². The summed E-state index contributed by atoms with van der Waals surface area (Å²) in [5, 5.41) is 16.8. The van der Waals surface area contributed by atoms with Gasteiger partial charge in [0.15, 0.2) is 5.82 Å². The molecule has 146 valence electrons. The number of benzene rings is 2. The van der Waals surface area contributed by atoms with Gasteiger partial charge in [-0.25, -0.2) is 14.6 Å². The first-order valence-corrected chi connectivity index (χ1v) is 10.0. The van der Waals surface area contributed by atoms with E-state index in [-0.39, 0.29) is 0 Å². The zero-order chi connectivity index (χ0) is 20.3. The average molecular weight is 412 g/mol. The molecule has 0 atom stereocenters. The normalized spacial score (nSPS) is 11.7. The molecule has 3 heterocycles. The molecule has 5 rings (SSSR count). The Hall–Kier alpha value is -3.98. The minimum atomic E-state index is 0.675. The summed E-state index contributed by atoms with van der Waals surface area (Å²) < 4.78 is 1.61. The van der Waals surface area contributed by atoms with Crippen LogP contribution in [-0.4, -0.2) is 35.9 Å². The lowest BCUT2D eigenvalue weighted by Crippen LogP contribution is -2.03. The summed E-state index contributed by atoms with van der Waals surface area (Å²) in [6.07, 6.45) is 3.11. The van der Waals surface area contributed by atoms with Crippen molar-refractivity contribution in [3.8, 4) is 16.1 Å². The van der Waals surface area contributed by atoms with Crippen molar-refractivity contribution >= 4 is 33.1 Å². The van der Waals surface area contributed by atoms with Crippen molar-refractivity contribution in [2.75, 3.05) is 5.43 Å². The fourth-order valence-corrected chi connectivity index (χ4v) is 4.05. The Bertz CT molecular complexity index is 1330. The Morgan fingerprint density at radius 1 is 1.03 bits per heavy atom. The molecular weight excluding hydrogens is 396 g/mol. The highest BCUT2D eigenvalue weighted by atomic mass is 32.1. The van der Waals surface area contributed by atoms with Crippen LogP contribution in [0.4, 0.5) is 5.82 Å². The van der Waals surface area contributed by atoms with Crippen molar-refractivity contribution in [2.24, 2.45) is 5.10 Å². The first-order chi connectivity index (χ1) is 14.8. The van der Waals surface area contributed by atoms with Gasteiger partial charge in [0, 0.05) is 4.88 Å². The van der Waals surface area contributed by atoms with Gasteiger partial charge in [-0.15, -0.1) is 16.4 Å². The van der Waals surface area contributed by atoms with Crippen molar-refractivity contribution in [2.45, 2.75) is 6.92 Å². The quantitative estimate of drug-likeness (QED) is 0.344. The van der Waals surface area contributed by atoms with Gasteiger partial charge in [-0.2, -0.15) is 5.10 Å². The van der Waals surface area contributed by atoms with Crippen LogP contribution in [0.5, 0.6) is 0 Å². The monoisotopic (exact) mass is 412 g/mol. The maximum Gasteiger partial charge on any atom is 0.158 e. The van der Waals surface area contributed by atoms with Gasteiger partial charge >= 0.3 is 0 Å². The minimum Gasteiger partial charge on any atom is -0.260 e. The standard InChI is InChI=1S/C21H16N8S/c1-14(16-8-5-9-17(10-16)29-13-24-27-28-29)25-26-20-18-11-19(15-6-3-2-4-7-15)30-21(18)23-12-22-20/h2-13H,1H3,(H,22,23,26)/b25-14-. The van der Waals surface area contributed by atoms with E-state index in [2.05, 4.69) is 54.2 Å². The molecule has 5 aromatic rings. The van der Waals surface area contributed by atoms with Crippen LogP contribution in [0.15, 0.2) is 78.4 Å². The van der Waals surface area contributed by atoms with Gasteiger partial charge in [-0.1, -0.05) is 42.5 Å². The average Bonchev–Trinajstić information content (AvgIpc) is 3.48. The van der Waals surface area contributed by atoms with Gasteiger partial charge < -0.3 is 0 Å². The molecule has 0 fully saturated rings. The van der Waals surface area contributed by atoms with Crippen LogP contribution in [0, 0.1) is 0 Å². The van der Waals surface area contributed by atoms with Crippen molar-refractivity contribution in [1.29, 1.82) is 0 Å². The number of aromatic nitrogens is 6. The highest BCUT2D eigenvalue weighted by molar-refractivity contribution is 7.21. The molecule has 0 saturated carbocycles. The zero-order valence-corrected chi connectivity index (χ0v) is 16.8. The predicted molar refractivity (Wildman–Crippen MR) is 118 cm³/mol. The third kappa shape index (κ3) is 3.53. The molecule has 0 unspecified atom stereocenters. The maximum atomic E-state index is 4.54. The van der Waals surface area contributed by atoms with E-state index in [0.717, 1.165) is 37.6 Å². The topological polar surface area (TPSA) is 93.8 Å². The van der Waals surface area contributed by atoms with Crippen LogP contribution >= 0.6 is 11.3 Å². The van der Waals surface area contributed by atoms with Crippen molar-refractivity contribution in [3.05, 3.63) is 78.9 Å². The number of tetrazole rings is 1. The molecule has 0 spiro atoms. The van der Waals surface area contributed by atoms with E-state index in [1.807, 2.05) is 49.4 Å². The third-order valence-corrected chi connectivity index (χ3v) is 5.69. The number of rotatable bonds is 5. The lowest BCUT2D eigenvalue weighted by molar-refractivity contribution is 0.789. The molecule has 0 radical (unpaired) electrons. The summed E-state index contributed by atoms with van der Waals surface area (Å²) in [5.41, 5.74) is 6.89. The highest BCUT2D eigenvalue weighted by Crippen LogP contribution is 2.34. The SMILES string of the molecule is C/C(=N/Nc1ncnc2sc(-c3ccccc3)cc12)c1cccc(-n2cnnn2)c1. The summed E-state index contributed by atoms with van der Waals surface area (Å²) in [4.78, 5) is 10.9. The first-order valence-electron chi connectivity index (χ1n) is 9.22. The number of hydrazone groups is 1. The molecule has 30 heavy (non-hydrogen) atoms. The molecule has 1 N–H and O–H groups in total. The molecule has 0 saturated heterocycles. The molecular formula is C21H16N8S. The van der Waals surface area contributed by atoms with E-state index in [9.17, 15) is 0 Å². The zero-order valence-electron chi connectivity index (χ0n) is 16.0. The number of nitrogens with one attached hydrogen (secondary N) is 1. The number of hydrogen-bond donors (Lipinski definition) is 1. The van der Waals surface area contributed by atoms with Crippen LogP contribution < -0.4 is 5.43 Å². The predicted octanol–water partition coefficient (Wildman–Crippen LogP) is 4.17. The summed E-state index contributed by atoms with van der Waals surface area (Å²) in [7, 11) is 0. The molecule has 0 aliphatic carbocycles. The number of hydrogen-bond acceptors (Lipinski definition) is 8. The van der Waals surface area contributed by atoms with Crippen LogP contribution in [0.2, 0.25) is 0 Å². The lowest BCUT2D eigenvalue weighted by Gasteiger charge is -2.06. The van der Waals surface area contributed by atoms with E-state index in [1.54, 1.807) is 28.7 Å². The second kappa shape index (κ2) is 7.80. The second-order valence-electron chi connectivity index (χ2n) is 6.53. The van der Waals surface area contributed by atoms with E-state index >= 15 is 0 Å². The van der Waals surface area contributed by atoms with Gasteiger partial charge in [0.05, 0.1) is 16.8 Å². The molecule has 0 bridgehead atoms. The van der Waals surface area contributed by atoms with Crippen LogP contribution in [0.1, 0.15) is 12.5 Å². The summed E-state index contributed by atoms with van der Waals surface area (Å²) in [6.45, 7) is 1.94. The number of thiophene rings is 1. The van der Waals surface area contributed by atoms with Gasteiger partial charge in [0.2, 0.25) is 0 Å². The number of fused-ring (bicyclic) bond motifs is 1. The van der Waals surface area contributed by atoms with Crippen LogP contribution in [0.25, 0.3) is 26.3 Å². The lowest BCUT2D eigenvalue weighted by atomic mass is 10.1. The highest BCUT2D eigenvalue weighted by Gasteiger charge is 2.10. The van der Waals surface area contributed by atoms with E-state index in [4.69, 9.17) is 0 Å². The van der Waals surface area contributed by atoms with Gasteiger partial charge in [0.1, 0.15) is 17.5 Å². The fraction of sp³-hybridized carbons (Fsp3) is 0.0476. The first kappa shape index (κ1) is 18.1. The minimum absolute atomic E-state index is 0.675. The van der Waals surface area contributed by atoms with Gasteiger partial charge in [-0.05, 0) is 46.7 Å².